The molecule has 0 saturated carbocycles. The van der Waals surface area contributed by atoms with Crippen LogP contribution < -0.4 is 5.32 Å². The zero-order chi connectivity index (χ0) is 14.1. The third kappa shape index (κ3) is 2.70. The van der Waals surface area contributed by atoms with E-state index in [1.54, 1.807) is 10.9 Å². The van der Waals surface area contributed by atoms with Crippen LogP contribution in [0.15, 0.2) is 30.5 Å². The van der Waals surface area contributed by atoms with Crippen molar-refractivity contribution in [2.45, 2.75) is 20.4 Å². The van der Waals surface area contributed by atoms with Crippen LogP contribution in [0.3, 0.4) is 0 Å². The minimum absolute atomic E-state index is 0.121. The Hall–Kier alpha value is -2.21. The van der Waals surface area contributed by atoms with Crippen LogP contribution in [0.25, 0.3) is 10.2 Å². The van der Waals surface area contributed by atoms with Crippen molar-refractivity contribution < 1.29 is 4.79 Å². The van der Waals surface area contributed by atoms with Gasteiger partial charge in [-0.05, 0) is 37.6 Å². The van der Waals surface area contributed by atoms with E-state index in [1.807, 2.05) is 32.0 Å². The second-order valence-corrected chi connectivity index (χ2v) is 5.72. The molecule has 102 valence electrons. The van der Waals surface area contributed by atoms with Crippen LogP contribution in [0.4, 0.5) is 5.13 Å². The highest BCUT2D eigenvalue weighted by atomic mass is 32.1. The molecule has 1 N–H and O–H groups in total. The van der Waals surface area contributed by atoms with Crippen LogP contribution in [0, 0.1) is 13.8 Å². The molecule has 0 unspecified atom stereocenters. The monoisotopic (exact) mass is 286 g/mol. The van der Waals surface area contributed by atoms with Crippen molar-refractivity contribution in [2.24, 2.45) is 0 Å². The molecule has 0 fully saturated rings. The summed E-state index contributed by atoms with van der Waals surface area (Å²) in [5.41, 5.74) is 2.99. The third-order valence-corrected chi connectivity index (χ3v) is 3.80. The molecule has 1 aromatic carbocycles. The van der Waals surface area contributed by atoms with E-state index in [-0.39, 0.29) is 12.5 Å². The predicted molar refractivity (Wildman–Crippen MR) is 80.0 cm³/mol. The molecule has 0 saturated heterocycles. The summed E-state index contributed by atoms with van der Waals surface area (Å²) in [4.78, 5) is 16.3. The molecule has 6 heteroatoms. The molecule has 1 amide bonds. The topological polar surface area (TPSA) is 59.8 Å². The van der Waals surface area contributed by atoms with Gasteiger partial charge in [-0.15, -0.1) is 0 Å². The number of carbonyl (C=O) groups excluding carboxylic acids is 1. The van der Waals surface area contributed by atoms with Gasteiger partial charge in [0.2, 0.25) is 5.91 Å². The highest BCUT2D eigenvalue weighted by molar-refractivity contribution is 7.22. The molecule has 0 radical (unpaired) electrons. The van der Waals surface area contributed by atoms with Gasteiger partial charge < -0.3 is 5.32 Å². The van der Waals surface area contributed by atoms with Crippen molar-refractivity contribution in [3.8, 4) is 0 Å². The number of nitrogens with zero attached hydrogens (tertiary/aromatic N) is 3. The first-order chi connectivity index (χ1) is 9.60. The average Bonchev–Trinajstić information content (AvgIpc) is 2.94. The summed E-state index contributed by atoms with van der Waals surface area (Å²) in [5.74, 6) is -0.121. The number of benzene rings is 1. The number of aryl methyl sites for hydroxylation is 2. The summed E-state index contributed by atoms with van der Waals surface area (Å²) < 4.78 is 2.69. The molecule has 0 atom stereocenters. The lowest BCUT2D eigenvalue weighted by atomic mass is 10.2. The maximum atomic E-state index is 11.9. The number of carbonyl (C=O) groups is 1. The Kier molecular flexibility index (Phi) is 3.23. The summed E-state index contributed by atoms with van der Waals surface area (Å²) >= 11 is 1.48. The van der Waals surface area contributed by atoms with Crippen LogP contribution in [0.1, 0.15) is 11.3 Å². The predicted octanol–water partition coefficient (Wildman–Crippen LogP) is 2.75. The Morgan fingerprint density at radius 1 is 1.35 bits per heavy atom. The highest BCUT2D eigenvalue weighted by Crippen LogP contribution is 2.26. The zero-order valence-corrected chi connectivity index (χ0v) is 12.1. The first-order valence-electron chi connectivity index (χ1n) is 6.27. The molecule has 0 aliphatic rings. The smallest absolute Gasteiger partial charge is 0.247 e. The Labute approximate surface area is 120 Å². The Morgan fingerprint density at radius 2 is 2.20 bits per heavy atom. The van der Waals surface area contributed by atoms with Gasteiger partial charge in [0.15, 0.2) is 5.13 Å². The van der Waals surface area contributed by atoms with Crippen LogP contribution in [-0.4, -0.2) is 20.7 Å². The van der Waals surface area contributed by atoms with E-state index in [0.717, 1.165) is 15.9 Å². The second kappa shape index (κ2) is 5.05. The lowest BCUT2D eigenvalue weighted by Crippen LogP contribution is -2.18. The molecule has 0 spiro atoms. The van der Waals surface area contributed by atoms with Gasteiger partial charge in [0.25, 0.3) is 0 Å². The first-order valence-corrected chi connectivity index (χ1v) is 7.09. The molecule has 3 aromatic rings. The van der Waals surface area contributed by atoms with Gasteiger partial charge in [0.1, 0.15) is 6.54 Å². The fraction of sp³-hybridized carbons (Fsp3) is 0.214. The summed E-state index contributed by atoms with van der Waals surface area (Å²) in [7, 11) is 0. The first kappa shape index (κ1) is 12.8. The van der Waals surface area contributed by atoms with Crippen molar-refractivity contribution in [3.63, 3.8) is 0 Å². The lowest BCUT2D eigenvalue weighted by Gasteiger charge is -2.01. The van der Waals surface area contributed by atoms with E-state index in [9.17, 15) is 4.79 Å². The van der Waals surface area contributed by atoms with E-state index >= 15 is 0 Å². The number of anilines is 1. The molecule has 3 rings (SSSR count). The van der Waals surface area contributed by atoms with E-state index in [4.69, 9.17) is 0 Å². The molecule has 0 bridgehead atoms. The molecule has 2 aromatic heterocycles. The number of hydrogen-bond acceptors (Lipinski definition) is 4. The molecular formula is C14H14N4OS. The SMILES string of the molecule is Cc1ccc2nc(NC(=O)Cn3ccc(C)n3)sc2c1. The zero-order valence-electron chi connectivity index (χ0n) is 11.3. The van der Waals surface area contributed by atoms with Crippen molar-refractivity contribution in [1.29, 1.82) is 0 Å². The number of rotatable bonds is 3. The van der Waals surface area contributed by atoms with E-state index < -0.39 is 0 Å². The minimum atomic E-state index is -0.121. The van der Waals surface area contributed by atoms with Crippen molar-refractivity contribution in [1.82, 2.24) is 14.8 Å². The van der Waals surface area contributed by atoms with Crippen LogP contribution in [0.2, 0.25) is 0 Å². The van der Waals surface area contributed by atoms with Crippen molar-refractivity contribution in [2.75, 3.05) is 5.32 Å². The van der Waals surface area contributed by atoms with E-state index in [1.165, 1.54) is 16.9 Å². The quantitative estimate of drug-likeness (QED) is 0.805. The molecule has 20 heavy (non-hydrogen) atoms. The number of aromatic nitrogens is 3. The summed E-state index contributed by atoms with van der Waals surface area (Å²) in [5, 5.41) is 7.63. The summed E-state index contributed by atoms with van der Waals surface area (Å²) in [6.07, 6.45) is 1.79. The van der Waals surface area contributed by atoms with Crippen LogP contribution in [0.5, 0.6) is 0 Å². The summed E-state index contributed by atoms with van der Waals surface area (Å²) in [6.45, 7) is 4.13. The van der Waals surface area contributed by atoms with E-state index in [2.05, 4.69) is 21.5 Å². The lowest BCUT2D eigenvalue weighted by molar-refractivity contribution is -0.116. The minimum Gasteiger partial charge on any atom is -0.300 e. The van der Waals surface area contributed by atoms with Crippen LogP contribution >= 0.6 is 11.3 Å². The molecule has 5 nitrogen and oxygen atoms in total. The van der Waals surface area contributed by atoms with Crippen LogP contribution in [-0.2, 0) is 11.3 Å². The number of nitrogens with one attached hydrogen (secondary N) is 1. The molecular weight excluding hydrogens is 272 g/mol. The number of hydrogen-bond donors (Lipinski definition) is 1. The molecule has 0 aliphatic carbocycles. The van der Waals surface area contributed by atoms with Crippen molar-refractivity contribution >= 4 is 32.6 Å². The van der Waals surface area contributed by atoms with Gasteiger partial charge in [-0.3, -0.25) is 9.48 Å². The fourth-order valence-electron chi connectivity index (χ4n) is 1.94. The molecule has 0 aliphatic heterocycles. The van der Waals surface area contributed by atoms with Gasteiger partial charge in [-0.25, -0.2) is 4.98 Å². The van der Waals surface area contributed by atoms with Gasteiger partial charge in [-0.1, -0.05) is 17.4 Å². The molecule has 2 heterocycles. The van der Waals surface area contributed by atoms with Gasteiger partial charge in [0.05, 0.1) is 15.9 Å². The second-order valence-electron chi connectivity index (χ2n) is 4.69. The third-order valence-electron chi connectivity index (χ3n) is 2.87. The standard InChI is InChI=1S/C14H14N4OS/c1-9-3-4-11-12(7-9)20-14(15-11)16-13(19)8-18-6-5-10(2)17-18/h3-7H,8H2,1-2H3,(H,15,16,19). The Balaban J connectivity index is 1.73. The van der Waals surface area contributed by atoms with Gasteiger partial charge >= 0.3 is 0 Å². The highest BCUT2D eigenvalue weighted by Gasteiger charge is 2.09. The van der Waals surface area contributed by atoms with Crippen molar-refractivity contribution in [3.05, 3.63) is 41.7 Å². The maximum Gasteiger partial charge on any atom is 0.247 e. The Morgan fingerprint density at radius 3 is 2.95 bits per heavy atom. The Bertz CT molecular complexity index is 774. The summed E-state index contributed by atoms with van der Waals surface area (Å²) in [6, 6.07) is 7.92. The normalized spacial score (nSPS) is 10.9. The van der Waals surface area contributed by atoms with Gasteiger partial charge in [0, 0.05) is 6.20 Å². The largest absolute Gasteiger partial charge is 0.300 e. The van der Waals surface area contributed by atoms with Gasteiger partial charge in [-0.2, -0.15) is 5.10 Å². The average molecular weight is 286 g/mol. The maximum absolute atomic E-state index is 11.9. The number of thiazole rings is 1. The van der Waals surface area contributed by atoms with E-state index in [0.29, 0.717) is 5.13 Å². The number of amides is 1. The number of fused-ring (bicyclic) bond motifs is 1. The fourth-order valence-corrected chi connectivity index (χ4v) is 2.92.